The van der Waals surface area contributed by atoms with Crippen molar-refractivity contribution in [1.29, 1.82) is 0 Å². The molecule has 3 heterocycles. The molecule has 0 aliphatic carbocycles. The first-order chi connectivity index (χ1) is 9.24. The molecule has 4 unspecified atom stereocenters. The lowest BCUT2D eigenvalue weighted by molar-refractivity contribution is -0.127. The predicted octanol–water partition coefficient (Wildman–Crippen LogP) is 1.12. The van der Waals surface area contributed by atoms with Crippen LogP contribution in [0, 0.1) is 5.92 Å². The molecule has 0 spiro atoms. The second-order valence-corrected chi connectivity index (χ2v) is 6.55. The average Bonchev–Trinajstić information content (AvgIpc) is 2.86. The van der Waals surface area contributed by atoms with Crippen molar-refractivity contribution < 1.29 is 4.79 Å². The van der Waals surface area contributed by atoms with E-state index in [1.54, 1.807) is 0 Å². The summed E-state index contributed by atoms with van der Waals surface area (Å²) in [5.41, 5.74) is 0. The molecule has 2 N–H and O–H groups in total. The predicted molar refractivity (Wildman–Crippen MR) is 75.9 cm³/mol. The summed E-state index contributed by atoms with van der Waals surface area (Å²) in [6.07, 6.45) is 7.14. The zero-order valence-corrected chi connectivity index (χ0v) is 12.0. The maximum Gasteiger partial charge on any atom is 0.224 e. The van der Waals surface area contributed by atoms with E-state index in [0.29, 0.717) is 12.1 Å². The highest BCUT2D eigenvalue weighted by atomic mass is 16.2. The molecule has 3 rings (SSSR count). The van der Waals surface area contributed by atoms with Gasteiger partial charge in [0, 0.05) is 24.7 Å². The van der Waals surface area contributed by atoms with Crippen molar-refractivity contribution in [2.45, 2.75) is 63.6 Å². The summed E-state index contributed by atoms with van der Waals surface area (Å²) in [7, 11) is 0. The monoisotopic (exact) mass is 265 g/mol. The molecular weight excluding hydrogens is 238 g/mol. The molecule has 1 amide bonds. The van der Waals surface area contributed by atoms with E-state index in [2.05, 4.69) is 22.5 Å². The summed E-state index contributed by atoms with van der Waals surface area (Å²) in [4.78, 5) is 15.0. The molecule has 4 nitrogen and oxygen atoms in total. The largest absolute Gasteiger partial charge is 0.353 e. The molecule has 3 aliphatic heterocycles. The van der Waals surface area contributed by atoms with Gasteiger partial charge in [-0.3, -0.25) is 4.79 Å². The maximum absolute atomic E-state index is 12.4. The van der Waals surface area contributed by atoms with Gasteiger partial charge in [-0.1, -0.05) is 0 Å². The highest BCUT2D eigenvalue weighted by Gasteiger charge is 2.34. The Kier molecular flexibility index (Phi) is 4.08. The molecule has 19 heavy (non-hydrogen) atoms. The van der Waals surface area contributed by atoms with E-state index in [4.69, 9.17) is 0 Å². The maximum atomic E-state index is 12.4. The number of piperidine rings is 2. The molecule has 3 aliphatic rings. The summed E-state index contributed by atoms with van der Waals surface area (Å²) >= 11 is 0. The lowest BCUT2D eigenvalue weighted by atomic mass is 9.90. The third kappa shape index (κ3) is 2.95. The molecule has 108 valence electrons. The number of hydrogen-bond donors (Lipinski definition) is 2. The van der Waals surface area contributed by atoms with Crippen LogP contribution in [0.1, 0.15) is 45.4 Å². The average molecular weight is 265 g/mol. The second-order valence-electron chi connectivity index (χ2n) is 6.55. The number of nitrogens with zero attached hydrogens (tertiary/aromatic N) is 1. The van der Waals surface area contributed by atoms with Crippen LogP contribution in [0.15, 0.2) is 0 Å². The molecule has 0 aromatic carbocycles. The fourth-order valence-corrected chi connectivity index (χ4v) is 4.07. The van der Waals surface area contributed by atoms with E-state index < -0.39 is 0 Å². The van der Waals surface area contributed by atoms with Gasteiger partial charge in [-0.15, -0.1) is 0 Å². The van der Waals surface area contributed by atoms with Gasteiger partial charge < -0.3 is 15.5 Å². The molecule has 0 radical (unpaired) electrons. The van der Waals surface area contributed by atoms with Gasteiger partial charge >= 0.3 is 0 Å². The van der Waals surface area contributed by atoms with Crippen molar-refractivity contribution in [2.24, 2.45) is 5.92 Å². The zero-order valence-electron chi connectivity index (χ0n) is 12.0. The number of amides is 1. The first-order valence-corrected chi connectivity index (χ1v) is 8.02. The standard InChI is InChI=1S/C15H27N3O/c1-11-14(5-2-7-16-11)15(19)17-12-6-9-18-8-3-4-13(18)10-12/h11-14,16H,2-10H2,1H3,(H,17,19). The Morgan fingerprint density at radius 1 is 1.21 bits per heavy atom. The molecule has 0 saturated carbocycles. The molecule has 0 aromatic rings. The van der Waals surface area contributed by atoms with Gasteiger partial charge in [-0.2, -0.15) is 0 Å². The fraction of sp³-hybridized carbons (Fsp3) is 0.933. The van der Waals surface area contributed by atoms with E-state index in [1.807, 2.05) is 0 Å². The Morgan fingerprint density at radius 3 is 2.95 bits per heavy atom. The van der Waals surface area contributed by atoms with Gasteiger partial charge in [0.15, 0.2) is 0 Å². The van der Waals surface area contributed by atoms with Gasteiger partial charge in [0.05, 0.1) is 5.92 Å². The van der Waals surface area contributed by atoms with E-state index in [9.17, 15) is 4.79 Å². The van der Waals surface area contributed by atoms with Gasteiger partial charge in [0.1, 0.15) is 0 Å². The number of fused-ring (bicyclic) bond motifs is 1. The topological polar surface area (TPSA) is 44.4 Å². The Bertz CT molecular complexity index is 333. The molecule has 4 atom stereocenters. The van der Waals surface area contributed by atoms with Crippen LogP contribution in [0.3, 0.4) is 0 Å². The summed E-state index contributed by atoms with van der Waals surface area (Å²) in [5, 5.41) is 6.74. The van der Waals surface area contributed by atoms with Gasteiger partial charge in [0.2, 0.25) is 5.91 Å². The van der Waals surface area contributed by atoms with Crippen molar-refractivity contribution in [2.75, 3.05) is 19.6 Å². The molecule has 3 saturated heterocycles. The minimum Gasteiger partial charge on any atom is -0.353 e. The summed E-state index contributed by atoms with van der Waals surface area (Å²) in [6.45, 7) is 5.65. The van der Waals surface area contributed by atoms with Crippen molar-refractivity contribution in [3.05, 3.63) is 0 Å². The summed E-state index contributed by atoms with van der Waals surface area (Å²) < 4.78 is 0. The van der Waals surface area contributed by atoms with Crippen LogP contribution >= 0.6 is 0 Å². The highest BCUT2D eigenvalue weighted by Crippen LogP contribution is 2.27. The second kappa shape index (κ2) is 5.80. The molecule has 0 aromatic heterocycles. The van der Waals surface area contributed by atoms with Gasteiger partial charge in [-0.25, -0.2) is 0 Å². The minimum atomic E-state index is 0.176. The van der Waals surface area contributed by atoms with Gasteiger partial charge in [0.25, 0.3) is 0 Å². The Labute approximate surface area is 116 Å². The number of nitrogens with one attached hydrogen (secondary N) is 2. The van der Waals surface area contributed by atoms with E-state index >= 15 is 0 Å². The number of carbonyl (C=O) groups excluding carboxylic acids is 1. The normalized spacial score (nSPS) is 39.8. The number of rotatable bonds is 2. The zero-order chi connectivity index (χ0) is 13.2. The summed E-state index contributed by atoms with van der Waals surface area (Å²) in [6, 6.07) is 1.49. The van der Waals surface area contributed by atoms with Gasteiger partial charge in [-0.05, 0) is 58.5 Å². The lowest BCUT2D eigenvalue weighted by Crippen LogP contribution is -2.52. The third-order valence-corrected chi connectivity index (χ3v) is 5.27. The van der Waals surface area contributed by atoms with Crippen LogP contribution in [0.5, 0.6) is 0 Å². The highest BCUT2D eigenvalue weighted by molar-refractivity contribution is 5.79. The molecule has 3 fully saturated rings. The van der Waals surface area contributed by atoms with E-state index in [1.165, 1.54) is 32.4 Å². The van der Waals surface area contributed by atoms with Crippen LogP contribution < -0.4 is 10.6 Å². The van der Waals surface area contributed by atoms with Crippen molar-refractivity contribution in [3.63, 3.8) is 0 Å². The van der Waals surface area contributed by atoms with Crippen molar-refractivity contribution in [1.82, 2.24) is 15.5 Å². The Morgan fingerprint density at radius 2 is 2.11 bits per heavy atom. The molecular formula is C15H27N3O. The lowest BCUT2D eigenvalue weighted by Gasteiger charge is -2.37. The SMILES string of the molecule is CC1NCCCC1C(=O)NC1CCN2CCCC2C1. The molecule has 0 bridgehead atoms. The van der Waals surface area contributed by atoms with Crippen LogP contribution in [0.25, 0.3) is 0 Å². The Balaban J connectivity index is 1.51. The first kappa shape index (κ1) is 13.4. The quantitative estimate of drug-likeness (QED) is 0.786. The minimum absolute atomic E-state index is 0.176. The smallest absolute Gasteiger partial charge is 0.224 e. The van der Waals surface area contributed by atoms with Crippen LogP contribution in [-0.2, 0) is 4.79 Å². The van der Waals surface area contributed by atoms with Crippen molar-refractivity contribution in [3.8, 4) is 0 Å². The van der Waals surface area contributed by atoms with Crippen molar-refractivity contribution >= 4 is 5.91 Å². The Hall–Kier alpha value is -0.610. The first-order valence-electron chi connectivity index (χ1n) is 8.02. The van der Waals surface area contributed by atoms with Crippen LogP contribution in [0.4, 0.5) is 0 Å². The molecule has 4 heteroatoms. The number of carbonyl (C=O) groups is 1. The third-order valence-electron chi connectivity index (χ3n) is 5.27. The van der Waals surface area contributed by atoms with E-state index in [0.717, 1.165) is 31.8 Å². The van der Waals surface area contributed by atoms with Crippen LogP contribution in [0.2, 0.25) is 0 Å². The number of hydrogen-bond acceptors (Lipinski definition) is 3. The van der Waals surface area contributed by atoms with E-state index in [-0.39, 0.29) is 11.8 Å². The fourth-order valence-electron chi connectivity index (χ4n) is 4.07. The summed E-state index contributed by atoms with van der Waals surface area (Å²) in [5.74, 6) is 0.464. The van der Waals surface area contributed by atoms with Crippen LogP contribution in [-0.4, -0.2) is 48.6 Å².